The van der Waals surface area contributed by atoms with E-state index in [2.05, 4.69) is 31.9 Å². The first-order valence-corrected chi connectivity index (χ1v) is 5.07. The van der Waals surface area contributed by atoms with Crippen molar-refractivity contribution in [2.24, 2.45) is 0 Å². The number of halogens is 2. The summed E-state index contributed by atoms with van der Waals surface area (Å²) in [5.41, 5.74) is 1.20. The fraction of sp³-hybridized carbons (Fsp3) is 0.250. The third-order valence-electron chi connectivity index (χ3n) is 1.40. The molecule has 61 valence electrons. The van der Waals surface area contributed by atoms with E-state index in [1.165, 1.54) is 5.56 Å². The molecule has 4 heteroatoms. The average Bonchev–Trinajstić information content (AvgIpc) is 2.05. The van der Waals surface area contributed by atoms with Crippen LogP contribution in [0.2, 0.25) is 0 Å². The van der Waals surface area contributed by atoms with Crippen LogP contribution >= 0.6 is 31.9 Å². The fourth-order valence-corrected chi connectivity index (χ4v) is 2.01. The van der Waals surface area contributed by atoms with Crippen molar-refractivity contribution >= 4 is 83.2 Å². The molecule has 0 heterocycles. The van der Waals surface area contributed by atoms with Gasteiger partial charge in [0.15, 0.2) is 0 Å². The van der Waals surface area contributed by atoms with E-state index in [0.717, 1.165) is 15.6 Å². The third-order valence-corrected chi connectivity index (χ3v) is 2.77. The number of methoxy groups -OCH3 is 1. The zero-order chi connectivity index (χ0) is 8.27. The molecule has 0 N–H and O–H groups in total. The molecule has 0 aliphatic heterocycles. The Bertz CT molecular complexity index is 253. The zero-order valence-electron chi connectivity index (χ0n) is 7.10. The summed E-state index contributed by atoms with van der Waals surface area (Å²) in [6.45, 7) is 0. The SMILES string of the molecule is COc1ccc(Br)c(CBr)c1.[K]. The van der Waals surface area contributed by atoms with Crippen LogP contribution in [-0.4, -0.2) is 58.5 Å². The zero-order valence-corrected chi connectivity index (χ0v) is 13.4. The van der Waals surface area contributed by atoms with E-state index < -0.39 is 0 Å². The van der Waals surface area contributed by atoms with E-state index in [1.54, 1.807) is 7.11 Å². The van der Waals surface area contributed by atoms with Gasteiger partial charge in [0, 0.05) is 61.2 Å². The van der Waals surface area contributed by atoms with Crippen LogP contribution in [0.15, 0.2) is 22.7 Å². The maximum atomic E-state index is 5.07. The molecule has 1 aromatic carbocycles. The van der Waals surface area contributed by atoms with Crippen LogP contribution in [0.3, 0.4) is 0 Å². The molecule has 0 aliphatic rings. The first kappa shape index (κ1) is 13.6. The molecule has 0 fully saturated rings. The minimum Gasteiger partial charge on any atom is -0.497 e. The molecule has 12 heavy (non-hydrogen) atoms. The van der Waals surface area contributed by atoms with Gasteiger partial charge in [0.1, 0.15) is 5.75 Å². The van der Waals surface area contributed by atoms with Crippen LogP contribution in [0.1, 0.15) is 5.56 Å². The van der Waals surface area contributed by atoms with Crippen LogP contribution in [0.4, 0.5) is 0 Å². The minimum atomic E-state index is 0. The molecule has 0 unspecified atom stereocenters. The van der Waals surface area contributed by atoms with Crippen molar-refractivity contribution in [1.29, 1.82) is 0 Å². The normalized spacial score (nSPS) is 8.92. The summed E-state index contributed by atoms with van der Waals surface area (Å²) < 4.78 is 6.18. The smallest absolute Gasteiger partial charge is 0.119 e. The second kappa shape index (κ2) is 6.98. The maximum Gasteiger partial charge on any atom is 0.119 e. The molecule has 1 rings (SSSR count). The fourth-order valence-electron chi connectivity index (χ4n) is 0.780. The Kier molecular flexibility index (Phi) is 7.92. The van der Waals surface area contributed by atoms with Crippen LogP contribution in [0.25, 0.3) is 0 Å². The summed E-state index contributed by atoms with van der Waals surface area (Å²) in [5, 5.41) is 0.838. The monoisotopic (exact) mass is 317 g/mol. The Morgan fingerprint density at radius 3 is 2.58 bits per heavy atom. The Morgan fingerprint density at radius 1 is 1.42 bits per heavy atom. The van der Waals surface area contributed by atoms with Gasteiger partial charge in [-0.25, -0.2) is 0 Å². The van der Waals surface area contributed by atoms with Gasteiger partial charge in [0.25, 0.3) is 0 Å². The van der Waals surface area contributed by atoms with E-state index in [-0.39, 0.29) is 51.4 Å². The summed E-state index contributed by atoms with van der Waals surface area (Å²) in [5.74, 6) is 0.891. The van der Waals surface area contributed by atoms with E-state index in [0.29, 0.717) is 0 Å². The minimum absolute atomic E-state index is 0. The molecule has 0 aromatic heterocycles. The molecule has 0 saturated carbocycles. The van der Waals surface area contributed by atoms with Crippen LogP contribution < -0.4 is 4.74 Å². The summed E-state index contributed by atoms with van der Waals surface area (Å²) >= 11 is 6.82. The van der Waals surface area contributed by atoms with Crippen molar-refractivity contribution < 1.29 is 4.74 Å². The standard InChI is InChI=1S/C8H8Br2O.K/c1-11-7-2-3-8(10)6(4-7)5-9;/h2-4H,5H2,1H3;. The van der Waals surface area contributed by atoms with Crippen LogP contribution in [0, 0.1) is 0 Å². The molecule has 0 atom stereocenters. The summed E-state index contributed by atoms with van der Waals surface area (Å²) in [7, 11) is 1.67. The Labute approximate surface area is 132 Å². The van der Waals surface area contributed by atoms with Gasteiger partial charge in [-0.15, -0.1) is 0 Å². The van der Waals surface area contributed by atoms with Crippen molar-refractivity contribution in [3.8, 4) is 5.75 Å². The van der Waals surface area contributed by atoms with E-state index in [9.17, 15) is 0 Å². The molecule has 1 nitrogen and oxygen atoms in total. The van der Waals surface area contributed by atoms with Crippen molar-refractivity contribution in [2.45, 2.75) is 5.33 Å². The number of benzene rings is 1. The quantitative estimate of drug-likeness (QED) is 0.602. The summed E-state index contributed by atoms with van der Waals surface area (Å²) in [4.78, 5) is 0. The van der Waals surface area contributed by atoms with Gasteiger partial charge in [-0.05, 0) is 23.8 Å². The summed E-state index contributed by atoms with van der Waals surface area (Å²) in [6.07, 6.45) is 0. The third kappa shape index (κ3) is 3.78. The van der Waals surface area contributed by atoms with Gasteiger partial charge in [0.2, 0.25) is 0 Å². The summed E-state index contributed by atoms with van der Waals surface area (Å²) in [6, 6.07) is 5.91. The van der Waals surface area contributed by atoms with E-state index in [4.69, 9.17) is 4.74 Å². The second-order valence-corrected chi connectivity index (χ2v) is 3.51. The number of alkyl halides is 1. The molecule has 0 aliphatic carbocycles. The number of rotatable bonds is 2. The van der Waals surface area contributed by atoms with Crippen molar-refractivity contribution in [3.05, 3.63) is 28.2 Å². The number of hydrogen-bond acceptors (Lipinski definition) is 1. The van der Waals surface area contributed by atoms with Gasteiger partial charge >= 0.3 is 0 Å². The Hall–Kier alpha value is 1.62. The van der Waals surface area contributed by atoms with Gasteiger partial charge in [-0.3, -0.25) is 0 Å². The molecule has 1 radical (unpaired) electrons. The van der Waals surface area contributed by atoms with Crippen molar-refractivity contribution in [3.63, 3.8) is 0 Å². The largest absolute Gasteiger partial charge is 0.497 e. The topological polar surface area (TPSA) is 9.23 Å². The first-order chi connectivity index (χ1) is 5.27. The molecule has 0 saturated heterocycles. The van der Waals surface area contributed by atoms with Gasteiger partial charge < -0.3 is 4.74 Å². The van der Waals surface area contributed by atoms with Crippen LogP contribution in [-0.2, 0) is 5.33 Å². The molecule has 1 aromatic rings. The first-order valence-electron chi connectivity index (χ1n) is 3.16. The predicted molar refractivity (Wildman–Crippen MR) is 59.1 cm³/mol. The predicted octanol–water partition coefficient (Wildman–Crippen LogP) is 2.97. The van der Waals surface area contributed by atoms with E-state index in [1.807, 2.05) is 18.2 Å². The molecular formula is C8H8Br2KO. The Morgan fingerprint density at radius 2 is 2.08 bits per heavy atom. The van der Waals surface area contributed by atoms with E-state index >= 15 is 0 Å². The second-order valence-electron chi connectivity index (χ2n) is 2.09. The van der Waals surface area contributed by atoms with Crippen molar-refractivity contribution in [1.82, 2.24) is 0 Å². The average molecular weight is 319 g/mol. The van der Waals surface area contributed by atoms with Gasteiger partial charge in [-0.2, -0.15) is 0 Å². The van der Waals surface area contributed by atoms with Crippen molar-refractivity contribution in [2.75, 3.05) is 7.11 Å². The number of ether oxygens (including phenoxy) is 1. The van der Waals surface area contributed by atoms with Gasteiger partial charge in [-0.1, -0.05) is 31.9 Å². The molecule has 0 spiro atoms. The number of hydrogen-bond donors (Lipinski definition) is 0. The van der Waals surface area contributed by atoms with Crippen LogP contribution in [0.5, 0.6) is 5.75 Å². The maximum absolute atomic E-state index is 5.07. The molecular weight excluding hydrogens is 311 g/mol. The molecule has 0 amide bonds. The molecule has 0 bridgehead atoms. The Balaban J connectivity index is 0.00000121. The van der Waals surface area contributed by atoms with Gasteiger partial charge in [0.05, 0.1) is 7.11 Å².